The molecular formula is C26H23ClN6O3S. The lowest BCUT2D eigenvalue weighted by molar-refractivity contribution is 0.107. The summed E-state index contributed by atoms with van der Waals surface area (Å²) in [6.45, 7) is 2.97. The Labute approximate surface area is 222 Å². The van der Waals surface area contributed by atoms with E-state index >= 15 is 0 Å². The Morgan fingerprint density at radius 3 is 2.97 bits per heavy atom. The van der Waals surface area contributed by atoms with Gasteiger partial charge in [0, 0.05) is 37.5 Å². The van der Waals surface area contributed by atoms with Gasteiger partial charge >= 0.3 is 6.09 Å². The van der Waals surface area contributed by atoms with E-state index in [1.54, 1.807) is 24.4 Å². The highest BCUT2D eigenvalue weighted by Gasteiger charge is 2.25. The van der Waals surface area contributed by atoms with E-state index in [0.29, 0.717) is 42.0 Å². The number of hydrogen-bond donors (Lipinski definition) is 3. The molecule has 37 heavy (non-hydrogen) atoms. The maximum Gasteiger partial charge on any atom is 0.407 e. The molecule has 1 aromatic carbocycles. The summed E-state index contributed by atoms with van der Waals surface area (Å²) < 4.78 is 12.0. The third-order valence-electron chi connectivity index (χ3n) is 5.41. The van der Waals surface area contributed by atoms with Crippen molar-refractivity contribution in [2.45, 2.75) is 25.5 Å². The van der Waals surface area contributed by atoms with Gasteiger partial charge in [0.25, 0.3) is 0 Å². The first-order valence-corrected chi connectivity index (χ1v) is 12.9. The zero-order valence-corrected chi connectivity index (χ0v) is 21.4. The van der Waals surface area contributed by atoms with Gasteiger partial charge in [-0.2, -0.15) is 0 Å². The number of anilines is 2. The lowest BCUT2D eigenvalue weighted by Gasteiger charge is -2.10. The van der Waals surface area contributed by atoms with Gasteiger partial charge in [-0.25, -0.2) is 19.7 Å². The molecule has 3 N–H and O–H groups in total. The lowest BCUT2D eigenvalue weighted by Crippen LogP contribution is -2.29. The monoisotopic (exact) mass is 534 g/mol. The number of fused-ring (bicyclic) bond motifs is 1. The van der Waals surface area contributed by atoms with Gasteiger partial charge in [0.05, 0.1) is 26.2 Å². The van der Waals surface area contributed by atoms with Crippen molar-refractivity contribution in [1.82, 2.24) is 25.6 Å². The molecule has 5 rings (SSSR count). The molecule has 1 aliphatic heterocycles. The van der Waals surface area contributed by atoms with Gasteiger partial charge in [0.2, 0.25) is 5.88 Å². The van der Waals surface area contributed by atoms with E-state index in [1.807, 2.05) is 31.2 Å². The van der Waals surface area contributed by atoms with Gasteiger partial charge in [-0.05, 0) is 37.3 Å². The van der Waals surface area contributed by atoms with Crippen LogP contribution in [0.2, 0.25) is 5.02 Å². The number of hydrogen-bond acceptors (Lipinski definition) is 9. The molecule has 1 amide bonds. The molecule has 188 valence electrons. The first-order chi connectivity index (χ1) is 18.1. The maximum absolute atomic E-state index is 11.6. The van der Waals surface area contributed by atoms with Crippen molar-refractivity contribution in [2.75, 3.05) is 18.4 Å². The third-order valence-corrected chi connectivity index (χ3v) is 6.75. The highest BCUT2D eigenvalue weighted by Crippen LogP contribution is 2.34. The summed E-state index contributed by atoms with van der Waals surface area (Å²) in [7, 11) is 0. The lowest BCUT2D eigenvalue weighted by atomic mass is 10.2. The molecule has 0 radical (unpaired) electrons. The molecule has 0 spiro atoms. The molecule has 1 saturated heterocycles. The van der Waals surface area contributed by atoms with Gasteiger partial charge in [0.1, 0.15) is 18.2 Å². The fourth-order valence-corrected chi connectivity index (χ4v) is 4.86. The molecule has 0 saturated carbocycles. The largest absolute Gasteiger partial charge is 0.445 e. The second kappa shape index (κ2) is 11.4. The number of pyridine rings is 1. The number of aromatic nitrogens is 3. The van der Waals surface area contributed by atoms with Crippen LogP contribution in [-0.2, 0) is 4.74 Å². The molecule has 9 nitrogen and oxygen atoms in total. The molecular weight excluding hydrogens is 512 g/mol. The van der Waals surface area contributed by atoms with Crippen LogP contribution < -0.4 is 20.7 Å². The molecule has 4 heterocycles. The normalized spacial score (nSPS) is 16.6. The Hall–Kier alpha value is -3.91. The summed E-state index contributed by atoms with van der Waals surface area (Å²) in [6, 6.07) is 12.7. The van der Waals surface area contributed by atoms with Crippen molar-refractivity contribution in [3.63, 3.8) is 0 Å². The Morgan fingerprint density at radius 2 is 2.16 bits per heavy atom. The van der Waals surface area contributed by atoms with Crippen molar-refractivity contribution in [1.29, 1.82) is 0 Å². The predicted molar refractivity (Wildman–Crippen MR) is 144 cm³/mol. The number of halogens is 1. The Kier molecular flexibility index (Phi) is 7.65. The minimum absolute atomic E-state index is 0.0534. The summed E-state index contributed by atoms with van der Waals surface area (Å²) in [4.78, 5) is 25.4. The topological polar surface area (TPSA) is 110 Å². The smallest absolute Gasteiger partial charge is 0.407 e. The number of thiophene rings is 1. The molecule has 0 aliphatic carbocycles. The van der Waals surface area contributed by atoms with Gasteiger partial charge in [-0.1, -0.05) is 29.5 Å². The van der Waals surface area contributed by atoms with Crippen LogP contribution in [0.1, 0.15) is 18.2 Å². The Bertz CT molecular complexity index is 1470. The first kappa shape index (κ1) is 24.8. The summed E-state index contributed by atoms with van der Waals surface area (Å²) in [5, 5.41) is 9.68. The van der Waals surface area contributed by atoms with Crippen molar-refractivity contribution in [3.05, 3.63) is 64.9 Å². The number of nitrogens with zero attached hydrogens (tertiary/aromatic N) is 3. The first-order valence-electron chi connectivity index (χ1n) is 11.7. The van der Waals surface area contributed by atoms with Crippen LogP contribution in [0, 0.1) is 11.8 Å². The Balaban J connectivity index is 1.27. The number of ether oxygens (including phenoxy) is 2. The van der Waals surface area contributed by atoms with Crippen LogP contribution in [0.5, 0.6) is 11.6 Å². The molecule has 11 heteroatoms. The number of benzene rings is 1. The van der Waals surface area contributed by atoms with Crippen LogP contribution in [0.15, 0.2) is 55.0 Å². The number of alkyl carbamates (subject to hydrolysis) is 1. The van der Waals surface area contributed by atoms with Gasteiger partial charge < -0.3 is 20.1 Å². The van der Waals surface area contributed by atoms with E-state index < -0.39 is 6.09 Å². The highest BCUT2D eigenvalue weighted by atomic mass is 35.5. The quantitative estimate of drug-likeness (QED) is 0.293. The average molecular weight is 535 g/mol. The van der Waals surface area contributed by atoms with E-state index in [9.17, 15) is 4.79 Å². The van der Waals surface area contributed by atoms with Crippen molar-refractivity contribution in [3.8, 4) is 23.5 Å². The van der Waals surface area contributed by atoms with E-state index in [4.69, 9.17) is 21.1 Å². The van der Waals surface area contributed by atoms with Crippen molar-refractivity contribution in [2.24, 2.45) is 0 Å². The number of carbonyl (C=O) groups is 1. The molecule has 2 atom stereocenters. The van der Waals surface area contributed by atoms with Gasteiger partial charge in [-0.15, -0.1) is 11.3 Å². The highest BCUT2D eigenvalue weighted by molar-refractivity contribution is 7.20. The molecule has 3 aromatic heterocycles. The minimum Gasteiger partial charge on any atom is -0.445 e. The number of carbonyl (C=O) groups excluding carboxylic acids is 1. The Morgan fingerprint density at radius 1 is 1.24 bits per heavy atom. The summed E-state index contributed by atoms with van der Waals surface area (Å²) in [5.74, 6) is 8.08. The fourth-order valence-electron chi connectivity index (χ4n) is 3.72. The maximum atomic E-state index is 11.6. The van der Waals surface area contributed by atoms with Gasteiger partial charge in [0.15, 0.2) is 5.82 Å². The van der Waals surface area contributed by atoms with Crippen LogP contribution in [-0.4, -0.2) is 46.3 Å². The van der Waals surface area contributed by atoms with E-state index in [1.165, 1.54) is 17.7 Å². The predicted octanol–water partition coefficient (Wildman–Crippen LogP) is 5.10. The SMILES string of the molecule is CCNC(=O)O[C@@H]1CN[C@H](C#Cc2cc3ncnc(Nc4ccc(Oc5ccccn5)c(Cl)c4)c3s2)C1. The number of nitrogens with one attached hydrogen (secondary N) is 3. The number of amides is 1. The van der Waals surface area contributed by atoms with Crippen LogP contribution >= 0.6 is 22.9 Å². The van der Waals surface area contributed by atoms with E-state index in [-0.39, 0.29) is 12.1 Å². The molecule has 4 aromatic rings. The second-order valence-corrected chi connectivity index (χ2v) is 9.57. The standard InChI is InChI=1S/C26H23ClN6O3S/c1-2-28-26(34)35-18-11-16(30-14-18)6-8-19-13-21-24(37-19)25(32-15-31-21)33-17-7-9-22(20(27)12-17)36-23-5-3-4-10-29-23/h3-5,7,9-10,12-13,15-16,18,30H,2,11,14H2,1H3,(H,28,34)(H,31,32,33)/t16-,18+/m1/s1. The summed E-state index contributed by atoms with van der Waals surface area (Å²) in [6.07, 6.45) is 3.22. The third kappa shape index (κ3) is 6.27. The van der Waals surface area contributed by atoms with E-state index in [2.05, 4.69) is 42.7 Å². The zero-order valence-electron chi connectivity index (χ0n) is 19.8. The summed E-state index contributed by atoms with van der Waals surface area (Å²) >= 11 is 7.95. The molecule has 1 aliphatic rings. The minimum atomic E-state index is -0.400. The molecule has 0 bridgehead atoms. The van der Waals surface area contributed by atoms with Crippen LogP contribution in [0.4, 0.5) is 16.3 Å². The van der Waals surface area contributed by atoms with Crippen molar-refractivity contribution >= 4 is 50.8 Å². The van der Waals surface area contributed by atoms with Gasteiger partial charge in [-0.3, -0.25) is 5.32 Å². The second-order valence-electron chi connectivity index (χ2n) is 8.11. The molecule has 0 unspecified atom stereocenters. The fraction of sp³-hybridized carbons (Fsp3) is 0.231. The zero-order chi connectivity index (χ0) is 25.6. The number of rotatable bonds is 6. The van der Waals surface area contributed by atoms with Crippen LogP contribution in [0.3, 0.4) is 0 Å². The average Bonchev–Trinajstić information content (AvgIpc) is 3.52. The summed E-state index contributed by atoms with van der Waals surface area (Å²) in [5.41, 5.74) is 1.55. The van der Waals surface area contributed by atoms with E-state index in [0.717, 1.165) is 20.8 Å². The van der Waals surface area contributed by atoms with Crippen LogP contribution in [0.25, 0.3) is 10.2 Å². The molecule has 1 fully saturated rings. The van der Waals surface area contributed by atoms with Crippen molar-refractivity contribution < 1.29 is 14.3 Å².